The van der Waals surface area contributed by atoms with Crippen LogP contribution in [0.5, 0.6) is 0 Å². The zero-order chi connectivity index (χ0) is 9.42. The van der Waals surface area contributed by atoms with Crippen LogP contribution in [0, 0.1) is 6.92 Å². The summed E-state index contributed by atoms with van der Waals surface area (Å²) in [6.07, 6.45) is 4.17. The van der Waals surface area contributed by atoms with E-state index in [1.165, 1.54) is 0 Å². The molecule has 1 aromatic rings. The van der Waals surface area contributed by atoms with Crippen molar-refractivity contribution in [3.63, 3.8) is 0 Å². The van der Waals surface area contributed by atoms with E-state index < -0.39 is 0 Å². The van der Waals surface area contributed by atoms with Gasteiger partial charge in [-0.15, -0.1) is 0 Å². The number of aryl methyl sites for hydroxylation is 2. The van der Waals surface area contributed by atoms with Crippen LogP contribution in [0.25, 0.3) is 0 Å². The highest BCUT2D eigenvalue weighted by atomic mass is 16.3. The summed E-state index contributed by atoms with van der Waals surface area (Å²) in [7, 11) is 0. The number of nitrogens with two attached hydrogens (primary N) is 1. The van der Waals surface area contributed by atoms with Gasteiger partial charge in [0.2, 0.25) is 0 Å². The number of amides is 1. The lowest BCUT2D eigenvalue weighted by molar-refractivity contribution is 0.0998. The van der Waals surface area contributed by atoms with Gasteiger partial charge >= 0.3 is 0 Å². The highest BCUT2D eigenvalue weighted by molar-refractivity contribution is 5.95. The molecule has 0 spiro atoms. The summed E-state index contributed by atoms with van der Waals surface area (Å²) in [5.74, 6) is 1.29. The Morgan fingerprint density at radius 2 is 2.08 bits per heavy atom. The van der Waals surface area contributed by atoms with Gasteiger partial charge in [-0.05, 0) is 26.2 Å². The topological polar surface area (TPSA) is 56.2 Å². The Hall–Kier alpha value is -1.25. The second kappa shape index (κ2) is 2.91. The van der Waals surface area contributed by atoms with Crippen molar-refractivity contribution in [1.82, 2.24) is 0 Å². The van der Waals surface area contributed by atoms with Gasteiger partial charge in [-0.1, -0.05) is 0 Å². The third-order valence-electron chi connectivity index (χ3n) is 2.59. The van der Waals surface area contributed by atoms with Crippen LogP contribution in [-0.4, -0.2) is 5.91 Å². The molecule has 1 aliphatic rings. The largest absolute Gasteiger partial charge is 0.465 e. The Kier molecular flexibility index (Phi) is 1.87. The summed E-state index contributed by atoms with van der Waals surface area (Å²) in [5.41, 5.74) is 6.96. The second-order valence-corrected chi connectivity index (χ2v) is 3.51. The second-order valence-electron chi connectivity index (χ2n) is 3.51. The third-order valence-corrected chi connectivity index (χ3v) is 2.59. The van der Waals surface area contributed by atoms with E-state index in [1.54, 1.807) is 6.92 Å². The van der Waals surface area contributed by atoms with E-state index >= 15 is 0 Å². The van der Waals surface area contributed by atoms with Crippen LogP contribution in [0.15, 0.2) is 4.42 Å². The molecule has 1 amide bonds. The first-order valence-corrected chi connectivity index (χ1v) is 4.61. The quantitative estimate of drug-likeness (QED) is 0.711. The standard InChI is InChI=1S/C10H13NO2/c1-6-9(10(11)12)7-4-2-3-5-8(7)13-6/h2-5H2,1H3,(H2,11,12). The molecule has 1 aromatic heterocycles. The molecule has 0 unspecified atom stereocenters. The van der Waals surface area contributed by atoms with E-state index in [1.807, 2.05) is 0 Å². The van der Waals surface area contributed by atoms with Crippen LogP contribution in [0.4, 0.5) is 0 Å². The number of hydrogen-bond donors (Lipinski definition) is 1. The molecule has 0 atom stereocenters. The lowest BCUT2D eigenvalue weighted by Gasteiger charge is -2.09. The number of rotatable bonds is 1. The molecule has 0 radical (unpaired) electrons. The Morgan fingerprint density at radius 3 is 2.77 bits per heavy atom. The number of hydrogen-bond acceptors (Lipinski definition) is 2. The maximum atomic E-state index is 11.1. The smallest absolute Gasteiger partial charge is 0.252 e. The SMILES string of the molecule is Cc1oc2c(c1C(N)=O)CCCC2. The van der Waals surface area contributed by atoms with Gasteiger partial charge in [-0.25, -0.2) is 0 Å². The molecule has 0 saturated carbocycles. The average molecular weight is 179 g/mol. The molecule has 0 aliphatic heterocycles. The predicted octanol–water partition coefficient (Wildman–Crippen LogP) is 1.57. The zero-order valence-corrected chi connectivity index (χ0v) is 7.72. The van der Waals surface area contributed by atoms with Gasteiger partial charge in [0.05, 0.1) is 5.56 Å². The third kappa shape index (κ3) is 1.24. The van der Waals surface area contributed by atoms with Gasteiger partial charge in [0.15, 0.2) is 0 Å². The minimum atomic E-state index is -0.357. The van der Waals surface area contributed by atoms with Gasteiger partial charge in [0, 0.05) is 12.0 Å². The Balaban J connectivity index is 2.54. The summed E-state index contributed by atoms with van der Waals surface area (Å²) < 4.78 is 5.50. The van der Waals surface area contributed by atoms with E-state index in [0.717, 1.165) is 37.0 Å². The molecular formula is C10H13NO2. The van der Waals surface area contributed by atoms with Gasteiger partial charge < -0.3 is 10.2 Å². The number of furan rings is 1. The van der Waals surface area contributed by atoms with Gasteiger partial charge in [-0.3, -0.25) is 4.79 Å². The van der Waals surface area contributed by atoms with Crippen LogP contribution >= 0.6 is 0 Å². The van der Waals surface area contributed by atoms with Crippen LogP contribution in [0.1, 0.15) is 40.3 Å². The summed E-state index contributed by atoms with van der Waals surface area (Å²) in [6, 6.07) is 0. The fraction of sp³-hybridized carbons (Fsp3) is 0.500. The lowest BCUT2D eigenvalue weighted by Crippen LogP contribution is -2.15. The highest BCUT2D eigenvalue weighted by Crippen LogP contribution is 2.28. The molecule has 0 fully saturated rings. The van der Waals surface area contributed by atoms with Crippen LogP contribution in [0.2, 0.25) is 0 Å². The van der Waals surface area contributed by atoms with Gasteiger partial charge in [-0.2, -0.15) is 0 Å². The minimum Gasteiger partial charge on any atom is -0.465 e. The molecule has 70 valence electrons. The van der Waals surface area contributed by atoms with Crippen molar-refractivity contribution in [2.75, 3.05) is 0 Å². The van der Waals surface area contributed by atoms with E-state index in [0.29, 0.717) is 11.3 Å². The summed E-state index contributed by atoms with van der Waals surface area (Å²) in [5, 5.41) is 0. The average Bonchev–Trinajstić information content (AvgIpc) is 2.39. The van der Waals surface area contributed by atoms with Crippen molar-refractivity contribution in [3.8, 4) is 0 Å². The van der Waals surface area contributed by atoms with Crippen LogP contribution < -0.4 is 5.73 Å². The first-order valence-electron chi connectivity index (χ1n) is 4.61. The number of fused-ring (bicyclic) bond motifs is 1. The fourth-order valence-corrected chi connectivity index (χ4v) is 2.03. The molecule has 0 bridgehead atoms. The highest BCUT2D eigenvalue weighted by Gasteiger charge is 2.23. The fourth-order valence-electron chi connectivity index (χ4n) is 2.03. The van der Waals surface area contributed by atoms with E-state index in [-0.39, 0.29) is 5.91 Å². The van der Waals surface area contributed by atoms with Crippen molar-refractivity contribution < 1.29 is 9.21 Å². The minimum absolute atomic E-state index is 0.357. The first kappa shape index (κ1) is 8.35. The summed E-state index contributed by atoms with van der Waals surface area (Å²) in [4.78, 5) is 11.1. The maximum absolute atomic E-state index is 11.1. The summed E-state index contributed by atoms with van der Waals surface area (Å²) in [6.45, 7) is 1.80. The van der Waals surface area contributed by atoms with Crippen molar-refractivity contribution >= 4 is 5.91 Å². The predicted molar refractivity (Wildman–Crippen MR) is 48.6 cm³/mol. The number of primary amides is 1. The normalized spacial score (nSPS) is 15.5. The molecule has 13 heavy (non-hydrogen) atoms. The maximum Gasteiger partial charge on any atom is 0.252 e. The Morgan fingerprint density at radius 1 is 1.38 bits per heavy atom. The van der Waals surface area contributed by atoms with E-state index in [2.05, 4.69) is 0 Å². The molecule has 3 heteroatoms. The first-order chi connectivity index (χ1) is 6.20. The molecule has 2 N–H and O–H groups in total. The van der Waals surface area contributed by atoms with E-state index in [4.69, 9.17) is 10.2 Å². The monoisotopic (exact) mass is 179 g/mol. The molecule has 1 heterocycles. The van der Waals surface area contributed by atoms with Crippen molar-refractivity contribution in [2.45, 2.75) is 32.6 Å². The molecule has 0 saturated heterocycles. The van der Waals surface area contributed by atoms with Crippen LogP contribution in [-0.2, 0) is 12.8 Å². The van der Waals surface area contributed by atoms with Gasteiger partial charge in [0.1, 0.15) is 11.5 Å². The van der Waals surface area contributed by atoms with Gasteiger partial charge in [0.25, 0.3) is 5.91 Å². The molecule has 3 nitrogen and oxygen atoms in total. The Bertz CT molecular complexity index is 352. The van der Waals surface area contributed by atoms with Crippen LogP contribution in [0.3, 0.4) is 0 Å². The Labute approximate surface area is 76.9 Å². The molecule has 1 aliphatic carbocycles. The van der Waals surface area contributed by atoms with E-state index in [9.17, 15) is 4.79 Å². The molecule has 2 rings (SSSR count). The van der Waals surface area contributed by atoms with Crippen molar-refractivity contribution in [2.24, 2.45) is 5.73 Å². The summed E-state index contributed by atoms with van der Waals surface area (Å²) >= 11 is 0. The number of carbonyl (C=O) groups is 1. The number of carbonyl (C=O) groups excluding carboxylic acids is 1. The van der Waals surface area contributed by atoms with Crippen molar-refractivity contribution in [3.05, 3.63) is 22.6 Å². The molecule has 0 aromatic carbocycles. The lowest BCUT2D eigenvalue weighted by atomic mass is 9.94. The van der Waals surface area contributed by atoms with Crippen molar-refractivity contribution in [1.29, 1.82) is 0 Å². The molecular weight excluding hydrogens is 166 g/mol. The zero-order valence-electron chi connectivity index (χ0n) is 7.72.